The van der Waals surface area contributed by atoms with Crippen LogP contribution in [-0.4, -0.2) is 30.1 Å². The van der Waals surface area contributed by atoms with Gasteiger partial charge in [-0.15, -0.1) is 0 Å². The average molecular weight is 257 g/mol. The molecule has 1 aromatic rings. The molecule has 96 valence electrons. The third kappa shape index (κ3) is 3.67. The number of thiazole rings is 1. The van der Waals surface area contributed by atoms with Gasteiger partial charge in [-0.05, 0) is 27.8 Å². The number of nitrogens with one attached hydrogen (secondary N) is 2. The Morgan fingerprint density at radius 2 is 2.12 bits per heavy atom. The molecule has 17 heavy (non-hydrogen) atoms. The number of rotatable bonds is 5. The summed E-state index contributed by atoms with van der Waals surface area (Å²) >= 11 is 1.18. The lowest BCUT2D eigenvalue weighted by molar-refractivity contribution is -0.121. The molecular weight excluding hydrogens is 238 g/mol. The van der Waals surface area contributed by atoms with E-state index in [1.807, 2.05) is 27.8 Å². The van der Waals surface area contributed by atoms with Crippen LogP contribution in [0.2, 0.25) is 0 Å². The van der Waals surface area contributed by atoms with Crippen LogP contribution in [0.25, 0.3) is 0 Å². The molecule has 1 heterocycles. The van der Waals surface area contributed by atoms with E-state index < -0.39 is 0 Å². The zero-order valence-electron chi connectivity index (χ0n) is 10.7. The molecule has 6 heteroatoms. The highest BCUT2D eigenvalue weighted by Crippen LogP contribution is 2.08. The Hall–Kier alpha value is -1.14. The molecule has 0 aliphatic carbocycles. The standard InChI is InChI=1S/C11H19N3O2S/c1-7(12-4)5-13-10(15)6-14-8(2)9(3)17-11(14)16/h7,12H,5-6H2,1-4H3,(H,13,15). The number of hydrogen-bond donors (Lipinski definition) is 2. The van der Waals surface area contributed by atoms with E-state index in [0.717, 1.165) is 10.6 Å². The molecule has 0 radical (unpaired) electrons. The molecule has 0 aromatic carbocycles. The first-order valence-electron chi connectivity index (χ1n) is 5.56. The van der Waals surface area contributed by atoms with Crippen LogP contribution in [0.3, 0.4) is 0 Å². The van der Waals surface area contributed by atoms with E-state index >= 15 is 0 Å². The van der Waals surface area contributed by atoms with Gasteiger partial charge in [-0.2, -0.15) is 0 Å². The highest BCUT2D eigenvalue weighted by Gasteiger charge is 2.11. The molecule has 0 aliphatic rings. The molecule has 0 spiro atoms. The molecule has 0 bridgehead atoms. The van der Waals surface area contributed by atoms with Gasteiger partial charge in [0.25, 0.3) is 0 Å². The summed E-state index contributed by atoms with van der Waals surface area (Å²) in [7, 11) is 1.84. The van der Waals surface area contributed by atoms with Crippen LogP contribution in [0.1, 0.15) is 17.5 Å². The third-order valence-corrected chi connectivity index (χ3v) is 3.77. The average Bonchev–Trinajstić information content (AvgIpc) is 2.53. The smallest absolute Gasteiger partial charge is 0.308 e. The molecule has 0 fully saturated rings. The van der Waals surface area contributed by atoms with Gasteiger partial charge in [-0.1, -0.05) is 11.3 Å². The largest absolute Gasteiger partial charge is 0.353 e. The van der Waals surface area contributed by atoms with E-state index in [9.17, 15) is 9.59 Å². The molecular formula is C11H19N3O2S. The number of aryl methyl sites for hydroxylation is 1. The minimum Gasteiger partial charge on any atom is -0.353 e. The van der Waals surface area contributed by atoms with Gasteiger partial charge in [-0.25, -0.2) is 0 Å². The van der Waals surface area contributed by atoms with Crippen LogP contribution in [-0.2, 0) is 11.3 Å². The fraction of sp³-hybridized carbons (Fsp3) is 0.636. The third-order valence-electron chi connectivity index (χ3n) is 2.78. The van der Waals surface area contributed by atoms with Gasteiger partial charge in [0.05, 0.1) is 0 Å². The predicted molar refractivity (Wildman–Crippen MR) is 69.6 cm³/mol. The summed E-state index contributed by atoms with van der Waals surface area (Å²) in [6.45, 7) is 6.39. The van der Waals surface area contributed by atoms with E-state index in [1.165, 1.54) is 15.9 Å². The fourth-order valence-corrected chi connectivity index (χ4v) is 2.17. The second-order valence-corrected chi connectivity index (χ2v) is 5.26. The predicted octanol–water partition coefficient (Wildman–Crippen LogP) is 0.251. The zero-order valence-corrected chi connectivity index (χ0v) is 11.5. The van der Waals surface area contributed by atoms with Gasteiger partial charge in [0.1, 0.15) is 6.54 Å². The second kappa shape index (κ2) is 5.97. The Morgan fingerprint density at radius 1 is 1.47 bits per heavy atom. The van der Waals surface area contributed by atoms with Gasteiger partial charge in [-0.3, -0.25) is 14.2 Å². The van der Waals surface area contributed by atoms with Crippen molar-refractivity contribution in [2.24, 2.45) is 0 Å². The topological polar surface area (TPSA) is 63.1 Å². The maximum Gasteiger partial charge on any atom is 0.308 e. The van der Waals surface area contributed by atoms with Gasteiger partial charge in [0.2, 0.25) is 5.91 Å². The normalized spacial score (nSPS) is 12.5. The number of likely N-dealkylation sites (N-methyl/N-ethyl adjacent to an activating group) is 1. The first-order chi connectivity index (χ1) is 7.95. The Kier molecular flexibility index (Phi) is 4.89. The Morgan fingerprint density at radius 3 is 2.59 bits per heavy atom. The van der Waals surface area contributed by atoms with Gasteiger partial charge >= 0.3 is 4.87 Å². The molecule has 0 saturated carbocycles. The SMILES string of the molecule is CNC(C)CNC(=O)Cn1c(C)c(C)sc1=O. The summed E-state index contributed by atoms with van der Waals surface area (Å²) in [4.78, 5) is 24.1. The maximum absolute atomic E-state index is 11.7. The number of carbonyl (C=O) groups is 1. The molecule has 5 nitrogen and oxygen atoms in total. The number of carbonyl (C=O) groups excluding carboxylic acids is 1. The van der Waals surface area contributed by atoms with Crippen molar-refractivity contribution in [3.8, 4) is 0 Å². The van der Waals surface area contributed by atoms with Crippen molar-refractivity contribution < 1.29 is 4.79 Å². The minimum absolute atomic E-state index is 0.0724. The van der Waals surface area contributed by atoms with Crippen molar-refractivity contribution in [1.82, 2.24) is 15.2 Å². The van der Waals surface area contributed by atoms with E-state index in [0.29, 0.717) is 6.54 Å². The van der Waals surface area contributed by atoms with Crippen molar-refractivity contribution in [1.29, 1.82) is 0 Å². The van der Waals surface area contributed by atoms with Crippen molar-refractivity contribution in [3.05, 3.63) is 20.2 Å². The lowest BCUT2D eigenvalue weighted by atomic mass is 10.3. The summed E-state index contributed by atoms with van der Waals surface area (Å²) in [5.74, 6) is -0.130. The maximum atomic E-state index is 11.7. The quantitative estimate of drug-likeness (QED) is 0.795. The van der Waals surface area contributed by atoms with Gasteiger partial charge in [0.15, 0.2) is 0 Å². The molecule has 1 amide bonds. The monoisotopic (exact) mass is 257 g/mol. The summed E-state index contributed by atoms with van der Waals surface area (Å²) < 4.78 is 1.51. The van der Waals surface area contributed by atoms with Crippen molar-refractivity contribution in [2.45, 2.75) is 33.4 Å². The molecule has 0 aliphatic heterocycles. The molecule has 1 atom stereocenters. The zero-order chi connectivity index (χ0) is 13.0. The van der Waals surface area contributed by atoms with Crippen LogP contribution in [0.5, 0.6) is 0 Å². The van der Waals surface area contributed by atoms with Gasteiger partial charge < -0.3 is 10.6 Å². The number of nitrogens with zero attached hydrogens (tertiary/aromatic N) is 1. The van der Waals surface area contributed by atoms with Crippen LogP contribution >= 0.6 is 11.3 Å². The second-order valence-electron chi connectivity index (χ2n) is 4.09. The van der Waals surface area contributed by atoms with Crippen LogP contribution < -0.4 is 15.5 Å². The van der Waals surface area contributed by atoms with Gasteiger partial charge in [0, 0.05) is 23.2 Å². The van der Waals surface area contributed by atoms with E-state index in [2.05, 4.69) is 10.6 Å². The highest BCUT2D eigenvalue weighted by molar-refractivity contribution is 7.09. The Bertz CT molecular complexity index is 450. The molecule has 1 unspecified atom stereocenters. The highest BCUT2D eigenvalue weighted by atomic mass is 32.1. The van der Waals surface area contributed by atoms with Crippen molar-refractivity contribution in [3.63, 3.8) is 0 Å². The van der Waals surface area contributed by atoms with E-state index in [4.69, 9.17) is 0 Å². The summed E-state index contributed by atoms with van der Waals surface area (Å²) in [6.07, 6.45) is 0. The van der Waals surface area contributed by atoms with E-state index in [-0.39, 0.29) is 23.4 Å². The molecule has 1 rings (SSSR count). The minimum atomic E-state index is -0.130. The van der Waals surface area contributed by atoms with Crippen molar-refractivity contribution in [2.75, 3.05) is 13.6 Å². The molecule has 0 saturated heterocycles. The van der Waals surface area contributed by atoms with Crippen LogP contribution in [0.4, 0.5) is 0 Å². The summed E-state index contributed by atoms with van der Waals surface area (Å²) in [5.41, 5.74) is 0.872. The Balaban J connectivity index is 2.60. The van der Waals surface area contributed by atoms with Crippen LogP contribution in [0.15, 0.2) is 4.79 Å². The molecule has 2 N–H and O–H groups in total. The first kappa shape index (κ1) is 13.9. The number of hydrogen-bond acceptors (Lipinski definition) is 4. The lowest BCUT2D eigenvalue weighted by Crippen LogP contribution is -2.39. The Labute approximate surface area is 105 Å². The summed E-state index contributed by atoms with van der Waals surface area (Å²) in [6, 6.07) is 0.223. The first-order valence-corrected chi connectivity index (χ1v) is 6.38. The number of amides is 1. The summed E-state index contributed by atoms with van der Waals surface area (Å²) in [5, 5.41) is 5.82. The molecule has 1 aromatic heterocycles. The number of aromatic nitrogens is 1. The van der Waals surface area contributed by atoms with Crippen LogP contribution in [0, 0.1) is 13.8 Å². The fourth-order valence-electron chi connectivity index (χ4n) is 1.34. The van der Waals surface area contributed by atoms with E-state index in [1.54, 1.807) is 0 Å². The van der Waals surface area contributed by atoms with Crippen molar-refractivity contribution >= 4 is 17.2 Å². The lowest BCUT2D eigenvalue weighted by Gasteiger charge is -2.11.